The molecule has 6 nitrogen and oxygen atoms in total. The summed E-state index contributed by atoms with van der Waals surface area (Å²) in [6, 6.07) is 14.8. The Bertz CT molecular complexity index is 827. The highest BCUT2D eigenvalue weighted by Gasteiger charge is 2.26. The number of nitrogens with zero attached hydrogens (tertiary/aromatic N) is 1. The predicted octanol–water partition coefficient (Wildman–Crippen LogP) is 3.82. The fourth-order valence-electron chi connectivity index (χ4n) is 3.34. The lowest BCUT2D eigenvalue weighted by molar-refractivity contribution is 0.0951. The number of hydrogen-bond acceptors (Lipinski definition) is 3. The Balaban J connectivity index is 1.52. The van der Waals surface area contributed by atoms with Gasteiger partial charge in [-0.15, -0.1) is 0 Å². The third-order valence-corrected chi connectivity index (χ3v) is 4.89. The molecule has 2 fully saturated rings. The summed E-state index contributed by atoms with van der Waals surface area (Å²) in [7, 11) is 0. The van der Waals surface area contributed by atoms with Crippen LogP contribution in [0.4, 0.5) is 21.9 Å². The molecule has 0 radical (unpaired) electrons. The number of amides is 3. The average Bonchev–Trinajstić information content (AvgIpc) is 3.31. The Labute approximate surface area is 158 Å². The summed E-state index contributed by atoms with van der Waals surface area (Å²) in [5.41, 5.74) is 2.89. The number of para-hydroxylation sites is 1. The van der Waals surface area contributed by atoms with Crippen LogP contribution in [-0.2, 0) is 0 Å². The number of urea groups is 1. The van der Waals surface area contributed by atoms with Gasteiger partial charge in [0, 0.05) is 36.2 Å². The molecule has 0 spiro atoms. The Morgan fingerprint density at radius 3 is 2.30 bits per heavy atom. The molecule has 0 bridgehead atoms. The zero-order valence-electron chi connectivity index (χ0n) is 15.2. The van der Waals surface area contributed by atoms with Gasteiger partial charge in [-0.2, -0.15) is 0 Å². The summed E-state index contributed by atoms with van der Waals surface area (Å²) in [6.45, 7) is 1.93. The minimum atomic E-state index is -0.330. The fraction of sp³-hybridized carbons (Fsp3) is 0.333. The third kappa shape index (κ3) is 4.39. The number of carbonyl (C=O) groups excluding carboxylic acids is 2. The minimum Gasteiger partial charge on any atom is -0.371 e. The van der Waals surface area contributed by atoms with Gasteiger partial charge < -0.3 is 20.9 Å². The van der Waals surface area contributed by atoms with Crippen LogP contribution in [-0.4, -0.2) is 31.1 Å². The van der Waals surface area contributed by atoms with Crippen LogP contribution < -0.4 is 20.9 Å². The van der Waals surface area contributed by atoms with Crippen LogP contribution in [0, 0.1) is 0 Å². The van der Waals surface area contributed by atoms with Crippen molar-refractivity contribution >= 4 is 29.0 Å². The van der Waals surface area contributed by atoms with Gasteiger partial charge in [0.1, 0.15) is 0 Å². The quantitative estimate of drug-likeness (QED) is 0.755. The zero-order chi connectivity index (χ0) is 18.6. The number of benzene rings is 2. The standard InChI is InChI=1S/C21H24N4O2/c26-20(22-16-8-9-16)18-14-17(10-11-19(18)25-12-4-5-13-25)24-21(27)23-15-6-2-1-3-7-15/h1-3,6-7,10-11,14,16H,4-5,8-9,12-13H2,(H,22,26)(H2,23,24,27). The normalized spacial score (nSPS) is 16.1. The first kappa shape index (κ1) is 17.4. The first-order chi connectivity index (χ1) is 13.2. The van der Waals surface area contributed by atoms with Crippen molar-refractivity contribution in [3.63, 3.8) is 0 Å². The molecule has 3 amide bonds. The molecule has 0 aromatic heterocycles. The Hall–Kier alpha value is -3.02. The van der Waals surface area contributed by atoms with Gasteiger partial charge in [-0.1, -0.05) is 18.2 Å². The Morgan fingerprint density at radius 1 is 0.889 bits per heavy atom. The Kier molecular flexibility index (Phi) is 4.96. The van der Waals surface area contributed by atoms with Crippen LogP contribution in [0.3, 0.4) is 0 Å². The van der Waals surface area contributed by atoms with E-state index in [2.05, 4.69) is 20.9 Å². The molecule has 1 heterocycles. The van der Waals surface area contributed by atoms with Crippen LogP contribution in [0.15, 0.2) is 48.5 Å². The summed E-state index contributed by atoms with van der Waals surface area (Å²) >= 11 is 0. The second kappa shape index (κ2) is 7.70. The first-order valence-electron chi connectivity index (χ1n) is 9.52. The summed E-state index contributed by atoms with van der Waals surface area (Å²) in [5, 5.41) is 8.67. The van der Waals surface area contributed by atoms with Crippen molar-refractivity contribution in [3.05, 3.63) is 54.1 Å². The topological polar surface area (TPSA) is 73.5 Å². The Morgan fingerprint density at radius 2 is 1.59 bits per heavy atom. The monoisotopic (exact) mass is 364 g/mol. The lowest BCUT2D eigenvalue weighted by atomic mass is 10.1. The molecule has 3 N–H and O–H groups in total. The van der Waals surface area contributed by atoms with Crippen molar-refractivity contribution < 1.29 is 9.59 Å². The van der Waals surface area contributed by atoms with Crippen molar-refractivity contribution in [2.75, 3.05) is 28.6 Å². The number of rotatable bonds is 5. The molecule has 0 atom stereocenters. The molecule has 1 aliphatic heterocycles. The molecule has 6 heteroatoms. The lowest BCUT2D eigenvalue weighted by Crippen LogP contribution is -2.29. The maximum absolute atomic E-state index is 12.7. The summed E-state index contributed by atoms with van der Waals surface area (Å²) < 4.78 is 0. The highest BCUT2D eigenvalue weighted by Crippen LogP contribution is 2.29. The number of hydrogen-bond donors (Lipinski definition) is 3. The van der Waals surface area contributed by atoms with E-state index in [0.29, 0.717) is 17.3 Å². The van der Waals surface area contributed by atoms with E-state index < -0.39 is 0 Å². The number of nitrogens with one attached hydrogen (secondary N) is 3. The van der Waals surface area contributed by atoms with E-state index in [0.717, 1.165) is 50.1 Å². The second-order valence-electron chi connectivity index (χ2n) is 7.12. The summed E-state index contributed by atoms with van der Waals surface area (Å²) in [5.74, 6) is -0.0634. The molecule has 27 heavy (non-hydrogen) atoms. The lowest BCUT2D eigenvalue weighted by Gasteiger charge is -2.22. The average molecular weight is 364 g/mol. The van der Waals surface area contributed by atoms with Gasteiger partial charge in [0.15, 0.2) is 0 Å². The van der Waals surface area contributed by atoms with Crippen molar-refractivity contribution in [1.29, 1.82) is 0 Å². The van der Waals surface area contributed by atoms with E-state index in [9.17, 15) is 9.59 Å². The smallest absolute Gasteiger partial charge is 0.323 e. The molecule has 2 aromatic rings. The molecule has 1 saturated carbocycles. The molecular weight excluding hydrogens is 340 g/mol. The predicted molar refractivity (Wildman–Crippen MR) is 107 cm³/mol. The van der Waals surface area contributed by atoms with Crippen LogP contribution in [0.2, 0.25) is 0 Å². The van der Waals surface area contributed by atoms with Gasteiger partial charge in [-0.05, 0) is 56.0 Å². The SMILES string of the molecule is O=C(Nc1ccccc1)Nc1ccc(N2CCCC2)c(C(=O)NC2CC2)c1. The van der Waals surface area contributed by atoms with Gasteiger partial charge in [-0.3, -0.25) is 4.79 Å². The largest absolute Gasteiger partial charge is 0.371 e. The van der Waals surface area contributed by atoms with Crippen molar-refractivity contribution in [1.82, 2.24) is 5.32 Å². The molecule has 1 saturated heterocycles. The molecule has 140 valence electrons. The maximum Gasteiger partial charge on any atom is 0.323 e. The number of anilines is 3. The van der Waals surface area contributed by atoms with E-state index in [4.69, 9.17) is 0 Å². The van der Waals surface area contributed by atoms with Crippen molar-refractivity contribution in [2.24, 2.45) is 0 Å². The highest BCUT2D eigenvalue weighted by atomic mass is 16.2. The number of carbonyl (C=O) groups is 2. The third-order valence-electron chi connectivity index (χ3n) is 4.89. The second-order valence-corrected chi connectivity index (χ2v) is 7.12. The molecule has 2 aromatic carbocycles. The van der Waals surface area contributed by atoms with E-state index in [1.165, 1.54) is 0 Å². The summed E-state index contributed by atoms with van der Waals surface area (Å²) in [4.78, 5) is 27.2. The molecule has 2 aliphatic rings. The van der Waals surface area contributed by atoms with Gasteiger partial charge in [0.05, 0.1) is 5.56 Å². The van der Waals surface area contributed by atoms with Crippen LogP contribution in [0.5, 0.6) is 0 Å². The van der Waals surface area contributed by atoms with Crippen molar-refractivity contribution in [3.8, 4) is 0 Å². The van der Waals surface area contributed by atoms with E-state index >= 15 is 0 Å². The van der Waals surface area contributed by atoms with Crippen LogP contribution in [0.25, 0.3) is 0 Å². The van der Waals surface area contributed by atoms with E-state index in [1.807, 2.05) is 42.5 Å². The van der Waals surface area contributed by atoms with Crippen LogP contribution >= 0.6 is 0 Å². The molecular formula is C21H24N4O2. The minimum absolute atomic E-state index is 0.0634. The van der Waals surface area contributed by atoms with Gasteiger partial charge >= 0.3 is 6.03 Å². The van der Waals surface area contributed by atoms with E-state index in [1.54, 1.807) is 6.07 Å². The molecule has 0 unspecified atom stereocenters. The van der Waals surface area contributed by atoms with Gasteiger partial charge in [-0.25, -0.2) is 4.79 Å². The first-order valence-corrected chi connectivity index (χ1v) is 9.52. The van der Waals surface area contributed by atoms with Crippen molar-refractivity contribution in [2.45, 2.75) is 31.7 Å². The summed E-state index contributed by atoms with van der Waals surface area (Å²) in [6.07, 6.45) is 4.37. The van der Waals surface area contributed by atoms with Crippen LogP contribution in [0.1, 0.15) is 36.0 Å². The van der Waals surface area contributed by atoms with E-state index in [-0.39, 0.29) is 11.9 Å². The van der Waals surface area contributed by atoms with Gasteiger partial charge in [0.2, 0.25) is 0 Å². The maximum atomic E-state index is 12.7. The highest BCUT2D eigenvalue weighted by molar-refractivity contribution is 6.04. The van der Waals surface area contributed by atoms with Gasteiger partial charge in [0.25, 0.3) is 5.91 Å². The zero-order valence-corrected chi connectivity index (χ0v) is 15.2. The fourth-order valence-corrected chi connectivity index (χ4v) is 3.34. The molecule has 1 aliphatic carbocycles. The molecule has 4 rings (SSSR count).